The van der Waals surface area contributed by atoms with Gasteiger partial charge in [-0.1, -0.05) is 35.9 Å². The number of benzene rings is 3. The molecule has 9 heteroatoms. The van der Waals surface area contributed by atoms with E-state index in [0.717, 1.165) is 5.56 Å². The Hall–Kier alpha value is -3.98. The van der Waals surface area contributed by atoms with Crippen molar-refractivity contribution < 1.29 is 13.2 Å². The van der Waals surface area contributed by atoms with E-state index in [4.69, 9.17) is 0 Å². The molecule has 0 aliphatic carbocycles. The number of aromatic nitrogens is 2. The van der Waals surface area contributed by atoms with Gasteiger partial charge in [-0.25, -0.2) is 13.1 Å². The highest BCUT2D eigenvalue weighted by atomic mass is 32.2. The Morgan fingerprint density at radius 1 is 0.882 bits per heavy atom. The van der Waals surface area contributed by atoms with Crippen LogP contribution in [0.5, 0.6) is 0 Å². The van der Waals surface area contributed by atoms with Crippen LogP contribution in [-0.2, 0) is 10.0 Å². The maximum absolute atomic E-state index is 13.0. The lowest BCUT2D eigenvalue weighted by Crippen LogP contribution is -2.28. The number of nitrogens with one attached hydrogen (secondary N) is 2. The normalized spacial score (nSPS) is 11.5. The van der Waals surface area contributed by atoms with E-state index in [1.807, 2.05) is 20.8 Å². The van der Waals surface area contributed by atoms with Crippen LogP contribution in [0.1, 0.15) is 35.9 Å². The molecule has 0 fully saturated rings. The summed E-state index contributed by atoms with van der Waals surface area (Å²) in [5.41, 5.74) is 1.65. The molecule has 1 aromatic heterocycles. The second-order valence-corrected chi connectivity index (χ2v) is 9.87. The van der Waals surface area contributed by atoms with Crippen LogP contribution < -0.4 is 15.6 Å². The van der Waals surface area contributed by atoms with Crippen LogP contribution in [0, 0.1) is 6.92 Å². The molecule has 0 spiro atoms. The van der Waals surface area contributed by atoms with E-state index in [1.54, 1.807) is 72.8 Å². The second-order valence-electron chi connectivity index (χ2n) is 8.19. The molecule has 34 heavy (non-hydrogen) atoms. The first kappa shape index (κ1) is 23.2. The highest BCUT2D eigenvalue weighted by Crippen LogP contribution is 2.21. The number of hydrogen-bond acceptors (Lipinski definition) is 5. The van der Waals surface area contributed by atoms with Gasteiger partial charge >= 0.3 is 0 Å². The molecule has 0 aliphatic heterocycles. The fourth-order valence-corrected chi connectivity index (χ4v) is 4.53. The van der Waals surface area contributed by atoms with E-state index in [0.29, 0.717) is 22.1 Å². The molecule has 1 amide bonds. The van der Waals surface area contributed by atoms with E-state index < -0.39 is 15.9 Å². The molecule has 0 bridgehead atoms. The monoisotopic (exact) mass is 476 g/mol. The standard InChI is InChI=1S/C25H24N4O4S/c1-16(2)29-25(31)22-7-5-4-6-21(22)23(27-29)24(30)26-18-10-12-19(13-11-18)28-34(32,33)20-14-8-17(3)9-15-20/h4-16,28H,1-3H3,(H,26,30). The highest BCUT2D eigenvalue weighted by molar-refractivity contribution is 7.92. The minimum atomic E-state index is -3.73. The fourth-order valence-electron chi connectivity index (χ4n) is 3.47. The quantitative estimate of drug-likeness (QED) is 0.430. The third kappa shape index (κ3) is 4.69. The molecule has 0 atom stereocenters. The Morgan fingerprint density at radius 3 is 2.09 bits per heavy atom. The van der Waals surface area contributed by atoms with E-state index in [1.165, 1.54) is 4.68 Å². The van der Waals surface area contributed by atoms with Crippen LogP contribution in [-0.4, -0.2) is 24.1 Å². The largest absolute Gasteiger partial charge is 0.321 e. The molecule has 174 valence electrons. The van der Waals surface area contributed by atoms with Gasteiger partial charge in [0.05, 0.1) is 16.3 Å². The zero-order valence-corrected chi connectivity index (χ0v) is 19.8. The van der Waals surface area contributed by atoms with Gasteiger partial charge in [0, 0.05) is 16.8 Å². The van der Waals surface area contributed by atoms with Gasteiger partial charge in [-0.15, -0.1) is 0 Å². The van der Waals surface area contributed by atoms with Crippen molar-refractivity contribution >= 4 is 38.1 Å². The van der Waals surface area contributed by atoms with Gasteiger partial charge in [0.25, 0.3) is 21.5 Å². The summed E-state index contributed by atoms with van der Waals surface area (Å²) in [5.74, 6) is -0.474. The number of amides is 1. The highest BCUT2D eigenvalue weighted by Gasteiger charge is 2.18. The SMILES string of the molecule is Cc1ccc(S(=O)(=O)Nc2ccc(NC(=O)c3nn(C(C)C)c(=O)c4ccccc34)cc2)cc1. The van der Waals surface area contributed by atoms with Crippen LogP contribution in [0.15, 0.2) is 82.5 Å². The zero-order valence-electron chi connectivity index (χ0n) is 18.9. The first-order valence-corrected chi connectivity index (χ1v) is 12.2. The summed E-state index contributed by atoms with van der Waals surface area (Å²) in [5, 5.41) is 7.95. The summed E-state index contributed by atoms with van der Waals surface area (Å²) in [6, 6.07) is 19.5. The molecule has 4 aromatic rings. The number of rotatable bonds is 6. The van der Waals surface area contributed by atoms with Gasteiger partial charge in [0.2, 0.25) is 0 Å². The van der Waals surface area contributed by atoms with Gasteiger partial charge in [0.15, 0.2) is 5.69 Å². The average molecular weight is 477 g/mol. The summed E-state index contributed by atoms with van der Waals surface area (Å²) in [7, 11) is -3.73. The lowest BCUT2D eigenvalue weighted by Gasteiger charge is -2.14. The van der Waals surface area contributed by atoms with Gasteiger partial charge in [-0.3, -0.25) is 14.3 Å². The third-order valence-electron chi connectivity index (χ3n) is 5.26. The molecule has 0 unspecified atom stereocenters. The van der Waals surface area contributed by atoms with E-state index in [-0.39, 0.29) is 22.2 Å². The average Bonchev–Trinajstić information content (AvgIpc) is 2.80. The maximum Gasteiger partial charge on any atom is 0.276 e. The van der Waals surface area contributed by atoms with E-state index >= 15 is 0 Å². The van der Waals surface area contributed by atoms with Crippen molar-refractivity contribution in [3.8, 4) is 0 Å². The van der Waals surface area contributed by atoms with Gasteiger partial charge in [0.1, 0.15) is 0 Å². The first-order valence-electron chi connectivity index (χ1n) is 10.7. The summed E-state index contributed by atoms with van der Waals surface area (Å²) in [6.07, 6.45) is 0. The van der Waals surface area contributed by atoms with Crippen molar-refractivity contribution in [3.63, 3.8) is 0 Å². The summed E-state index contributed by atoms with van der Waals surface area (Å²) in [4.78, 5) is 25.9. The van der Waals surface area contributed by atoms with Crippen molar-refractivity contribution in [1.82, 2.24) is 9.78 Å². The predicted octanol–water partition coefficient (Wildman–Crippen LogP) is 4.34. The topological polar surface area (TPSA) is 110 Å². The molecule has 8 nitrogen and oxygen atoms in total. The fraction of sp³-hybridized carbons (Fsp3) is 0.160. The molecule has 0 saturated carbocycles. The lowest BCUT2D eigenvalue weighted by molar-refractivity contribution is 0.102. The van der Waals surface area contributed by atoms with Gasteiger partial charge in [-0.05, 0) is 63.2 Å². The van der Waals surface area contributed by atoms with Crippen LogP contribution >= 0.6 is 0 Å². The smallest absolute Gasteiger partial charge is 0.276 e. The lowest BCUT2D eigenvalue weighted by atomic mass is 10.1. The Labute approximate surface area is 197 Å². The van der Waals surface area contributed by atoms with Crippen molar-refractivity contribution in [3.05, 3.63) is 94.4 Å². The number of aryl methyl sites for hydroxylation is 1. The van der Waals surface area contributed by atoms with Gasteiger partial charge in [-0.2, -0.15) is 5.10 Å². The number of carbonyl (C=O) groups is 1. The maximum atomic E-state index is 13.0. The molecule has 4 rings (SSSR count). The Morgan fingerprint density at radius 2 is 1.47 bits per heavy atom. The van der Waals surface area contributed by atoms with Crippen molar-refractivity contribution in [2.24, 2.45) is 0 Å². The van der Waals surface area contributed by atoms with Crippen LogP contribution in [0.4, 0.5) is 11.4 Å². The second kappa shape index (κ2) is 9.11. The number of fused-ring (bicyclic) bond motifs is 1. The Bertz CT molecular complexity index is 1520. The van der Waals surface area contributed by atoms with Crippen molar-refractivity contribution in [2.45, 2.75) is 31.7 Å². The van der Waals surface area contributed by atoms with E-state index in [9.17, 15) is 18.0 Å². The third-order valence-corrected chi connectivity index (χ3v) is 6.66. The Kier molecular flexibility index (Phi) is 6.21. The number of nitrogens with zero attached hydrogens (tertiary/aromatic N) is 2. The number of sulfonamides is 1. The Balaban J connectivity index is 1.57. The summed E-state index contributed by atoms with van der Waals surface area (Å²) < 4.78 is 29.0. The number of carbonyl (C=O) groups excluding carboxylic acids is 1. The number of anilines is 2. The predicted molar refractivity (Wildman–Crippen MR) is 133 cm³/mol. The molecular formula is C25H24N4O4S. The van der Waals surface area contributed by atoms with E-state index in [2.05, 4.69) is 15.1 Å². The summed E-state index contributed by atoms with van der Waals surface area (Å²) >= 11 is 0. The molecule has 0 aliphatic rings. The van der Waals surface area contributed by atoms with Crippen LogP contribution in [0.25, 0.3) is 10.8 Å². The number of hydrogen-bond donors (Lipinski definition) is 2. The first-order chi connectivity index (χ1) is 16.2. The summed E-state index contributed by atoms with van der Waals surface area (Å²) in [6.45, 7) is 5.52. The molecular weight excluding hydrogens is 452 g/mol. The molecule has 2 N–H and O–H groups in total. The molecule has 3 aromatic carbocycles. The molecule has 1 heterocycles. The zero-order chi connectivity index (χ0) is 24.5. The molecule has 0 radical (unpaired) electrons. The minimum Gasteiger partial charge on any atom is -0.321 e. The minimum absolute atomic E-state index is 0.132. The van der Waals surface area contributed by atoms with Crippen molar-refractivity contribution in [2.75, 3.05) is 10.0 Å². The van der Waals surface area contributed by atoms with Crippen LogP contribution in [0.3, 0.4) is 0 Å². The van der Waals surface area contributed by atoms with Gasteiger partial charge < -0.3 is 5.32 Å². The van der Waals surface area contributed by atoms with Crippen molar-refractivity contribution in [1.29, 1.82) is 0 Å². The van der Waals surface area contributed by atoms with Crippen LogP contribution in [0.2, 0.25) is 0 Å². The molecule has 0 saturated heterocycles.